The SMILES string of the molecule is CC[NH+](Cc1ccc(OC)c(F)c1)[C@H](C)C(=O)Nc1ccc(Br)cc1. The van der Waals surface area contributed by atoms with E-state index in [9.17, 15) is 9.18 Å². The third-order valence-electron chi connectivity index (χ3n) is 4.22. The van der Waals surface area contributed by atoms with Crippen LogP contribution in [0.1, 0.15) is 19.4 Å². The molecule has 0 heterocycles. The molecule has 134 valence electrons. The zero-order chi connectivity index (χ0) is 18.4. The van der Waals surface area contributed by atoms with Gasteiger partial charge in [-0.3, -0.25) is 4.79 Å². The molecule has 4 nitrogen and oxygen atoms in total. The molecule has 0 saturated heterocycles. The number of methoxy groups -OCH3 is 1. The minimum Gasteiger partial charge on any atom is -0.494 e. The van der Waals surface area contributed by atoms with E-state index in [2.05, 4.69) is 21.2 Å². The van der Waals surface area contributed by atoms with E-state index in [1.165, 1.54) is 13.2 Å². The fourth-order valence-corrected chi connectivity index (χ4v) is 2.90. The number of benzene rings is 2. The topological polar surface area (TPSA) is 42.8 Å². The van der Waals surface area contributed by atoms with Gasteiger partial charge in [0.05, 0.1) is 13.7 Å². The number of hydrogen-bond donors (Lipinski definition) is 2. The molecule has 0 aliphatic rings. The Kier molecular flexibility index (Phi) is 6.96. The van der Waals surface area contributed by atoms with E-state index in [-0.39, 0.29) is 23.5 Å². The van der Waals surface area contributed by atoms with Crippen LogP contribution in [0.15, 0.2) is 46.9 Å². The van der Waals surface area contributed by atoms with E-state index < -0.39 is 0 Å². The van der Waals surface area contributed by atoms with Crippen LogP contribution in [-0.4, -0.2) is 25.6 Å². The molecule has 0 aliphatic carbocycles. The van der Waals surface area contributed by atoms with Crippen molar-refractivity contribution in [2.75, 3.05) is 19.0 Å². The van der Waals surface area contributed by atoms with Crippen molar-refractivity contribution in [3.05, 3.63) is 58.3 Å². The molecule has 1 unspecified atom stereocenters. The molecule has 0 fully saturated rings. The van der Waals surface area contributed by atoms with E-state index in [1.54, 1.807) is 6.07 Å². The van der Waals surface area contributed by atoms with Crippen LogP contribution in [0, 0.1) is 5.82 Å². The van der Waals surface area contributed by atoms with E-state index in [4.69, 9.17) is 4.74 Å². The lowest BCUT2D eigenvalue weighted by atomic mass is 10.1. The summed E-state index contributed by atoms with van der Waals surface area (Å²) >= 11 is 3.37. The van der Waals surface area contributed by atoms with Crippen LogP contribution >= 0.6 is 15.9 Å². The summed E-state index contributed by atoms with van der Waals surface area (Å²) in [6.07, 6.45) is 0. The number of nitrogens with one attached hydrogen (secondary N) is 2. The highest BCUT2D eigenvalue weighted by Crippen LogP contribution is 2.17. The number of anilines is 1. The van der Waals surface area contributed by atoms with E-state index in [1.807, 2.05) is 44.2 Å². The number of carbonyl (C=O) groups excluding carboxylic acids is 1. The molecule has 0 aromatic heterocycles. The van der Waals surface area contributed by atoms with Gasteiger partial charge in [0.15, 0.2) is 17.6 Å². The second-order valence-corrected chi connectivity index (χ2v) is 6.79. The quantitative estimate of drug-likeness (QED) is 0.737. The molecule has 1 amide bonds. The minimum atomic E-state index is -0.387. The molecule has 2 atom stereocenters. The maximum Gasteiger partial charge on any atom is 0.282 e. The Balaban J connectivity index is 2.04. The number of rotatable bonds is 7. The van der Waals surface area contributed by atoms with Crippen molar-refractivity contribution in [2.24, 2.45) is 0 Å². The van der Waals surface area contributed by atoms with Gasteiger partial charge >= 0.3 is 0 Å². The van der Waals surface area contributed by atoms with Crippen LogP contribution in [0.3, 0.4) is 0 Å². The van der Waals surface area contributed by atoms with Gasteiger partial charge in [0.1, 0.15) is 6.54 Å². The van der Waals surface area contributed by atoms with E-state index >= 15 is 0 Å². The zero-order valence-electron chi connectivity index (χ0n) is 14.6. The van der Waals surface area contributed by atoms with Crippen LogP contribution in [0.4, 0.5) is 10.1 Å². The van der Waals surface area contributed by atoms with Gasteiger partial charge < -0.3 is 15.0 Å². The van der Waals surface area contributed by atoms with Gasteiger partial charge in [-0.25, -0.2) is 4.39 Å². The predicted molar refractivity (Wildman–Crippen MR) is 100 cm³/mol. The van der Waals surface area contributed by atoms with E-state index in [0.717, 1.165) is 27.2 Å². The summed E-state index contributed by atoms with van der Waals surface area (Å²) in [5.74, 6) is -0.224. The summed E-state index contributed by atoms with van der Waals surface area (Å²) in [4.78, 5) is 13.6. The molecule has 0 aliphatic heterocycles. The molecule has 0 bridgehead atoms. The molecule has 2 rings (SSSR count). The third-order valence-corrected chi connectivity index (χ3v) is 4.75. The number of quaternary nitrogens is 1. The number of halogens is 2. The van der Waals surface area contributed by atoms with E-state index in [0.29, 0.717) is 6.54 Å². The molecule has 2 aromatic rings. The Bertz CT molecular complexity index is 722. The standard InChI is InChI=1S/C19H22BrFN2O2/c1-4-23(12-14-5-10-18(25-3)17(21)11-14)13(2)19(24)22-16-8-6-15(20)7-9-16/h5-11,13H,4,12H2,1-3H3,(H,22,24)/p+1/t13-/m1/s1. The van der Waals surface area contributed by atoms with Gasteiger partial charge in [-0.2, -0.15) is 0 Å². The Hall–Kier alpha value is -1.92. The Morgan fingerprint density at radius 3 is 2.52 bits per heavy atom. The maximum absolute atomic E-state index is 13.9. The van der Waals surface area contributed by atoms with Gasteiger partial charge in [0, 0.05) is 15.7 Å². The molecular formula is C19H23BrFN2O2+. The number of ether oxygens (including phenoxy) is 1. The fourth-order valence-electron chi connectivity index (χ4n) is 2.64. The Morgan fingerprint density at radius 1 is 1.28 bits per heavy atom. The van der Waals surface area contributed by atoms with Crippen molar-refractivity contribution in [3.8, 4) is 5.75 Å². The van der Waals surface area contributed by atoms with Crippen LogP contribution in [0.2, 0.25) is 0 Å². The van der Waals surface area contributed by atoms with Crippen molar-refractivity contribution in [2.45, 2.75) is 26.4 Å². The zero-order valence-corrected chi connectivity index (χ0v) is 16.2. The minimum absolute atomic E-state index is 0.0619. The summed E-state index contributed by atoms with van der Waals surface area (Å²) in [5, 5.41) is 2.92. The lowest BCUT2D eigenvalue weighted by Crippen LogP contribution is -3.15. The van der Waals surface area contributed by atoms with Crippen LogP contribution in [0.25, 0.3) is 0 Å². The predicted octanol–water partition coefficient (Wildman–Crippen LogP) is 3.03. The average Bonchev–Trinajstić information content (AvgIpc) is 2.61. The van der Waals surface area contributed by atoms with Crippen molar-refractivity contribution in [3.63, 3.8) is 0 Å². The van der Waals surface area contributed by atoms with Gasteiger partial charge in [-0.15, -0.1) is 0 Å². The molecule has 25 heavy (non-hydrogen) atoms. The normalized spacial score (nSPS) is 13.2. The number of amides is 1. The summed E-state index contributed by atoms with van der Waals surface area (Å²) in [7, 11) is 1.44. The van der Waals surface area contributed by atoms with Crippen LogP contribution in [-0.2, 0) is 11.3 Å². The lowest BCUT2D eigenvalue weighted by molar-refractivity contribution is -0.925. The molecule has 2 aromatic carbocycles. The molecule has 2 N–H and O–H groups in total. The second kappa shape index (κ2) is 8.97. The highest BCUT2D eigenvalue weighted by molar-refractivity contribution is 9.10. The second-order valence-electron chi connectivity index (χ2n) is 5.88. The third kappa shape index (κ3) is 5.28. The highest BCUT2D eigenvalue weighted by Gasteiger charge is 2.24. The average molecular weight is 410 g/mol. The molecule has 0 spiro atoms. The smallest absolute Gasteiger partial charge is 0.282 e. The summed E-state index contributed by atoms with van der Waals surface area (Å²) in [6, 6.07) is 12.1. The first-order valence-electron chi connectivity index (χ1n) is 8.18. The molecule has 0 radical (unpaired) electrons. The highest BCUT2D eigenvalue weighted by atomic mass is 79.9. The first-order chi connectivity index (χ1) is 11.9. The largest absolute Gasteiger partial charge is 0.494 e. The molecule has 0 saturated carbocycles. The maximum atomic E-state index is 13.9. The fraction of sp³-hybridized carbons (Fsp3) is 0.316. The Morgan fingerprint density at radius 2 is 1.96 bits per heavy atom. The van der Waals surface area contributed by atoms with Gasteiger partial charge in [0.2, 0.25) is 0 Å². The van der Waals surface area contributed by atoms with Crippen molar-refractivity contribution >= 4 is 27.5 Å². The molecular weight excluding hydrogens is 387 g/mol. The van der Waals surface area contributed by atoms with Crippen molar-refractivity contribution in [1.82, 2.24) is 0 Å². The van der Waals surface area contributed by atoms with Crippen LogP contribution in [0.5, 0.6) is 5.75 Å². The van der Waals surface area contributed by atoms with Gasteiger partial charge in [0.25, 0.3) is 5.91 Å². The number of hydrogen-bond acceptors (Lipinski definition) is 2. The lowest BCUT2D eigenvalue weighted by Gasteiger charge is -2.24. The number of carbonyl (C=O) groups is 1. The summed E-state index contributed by atoms with van der Waals surface area (Å²) in [6.45, 7) is 5.21. The van der Waals surface area contributed by atoms with Crippen molar-refractivity contribution in [1.29, 1.82) is 0 Å². The van der Waals surface area contributed by atoms with Crippen molar-refractivity contribution < 1.29 is 18.8 Å². The summed E-state index contributed by atoms with van der Waals surface area (Å²) < 4.78 is 19.8. The number of likely N-dealkylation sites (N-methyl/N-ethyl adjacent to an activating group) is 1. The summed E-state index contributed by atoms with van der Waals surface area (Å²) in [5.41, 5.74) is 1.59. The first kappa shape index (κ1) is 19.4. The van der Waals surface area contributed by atoms with Gasteiger partial charge in [-0.05, 0) is 56.3 Å². The molecule has 6 heteroatoms. The monoisotopic (exact) mass is 409 g/mol. The first-order valence-corrected chi connectivity index (χ1v) is 8.97. The van der Waals surface area contributed by atoms with Gasteiger partial charge in [-0.1, -0.05) is 15.9 Å². The Labute approximate surface area is 156 Å². The van der Waals surface area contributed by atoms with Crippen LogP contribution < -0.4 is 15.0 Å².